The van der Waals surface area contributed by atoms with Gasteiger partial charge in [-0.1, -0.05) is 0 Å². The lowest BCUT2D eigenvalue weighted by Gasteiger charge is -2.25. The molecule has 0 aliphatic carbocycles. The molecular formula is C13H22N4O. The van der Waals surface area contributed by atoms with Crippen molar-refractivity contribution in [2.24, 2.45) is 0 Å². The molecular weight excluding hydrogens is 228 g/mol. The molecule has 1 N–H and O–H groups in total. The van der Waals surface area contributed by atoms with Crippen LogP contribution in [0.4, 0.5) is 5.95 Å². The van der Waals surface area contributed by atoms with Crippen molar-refractivity contribution in [3.63, 3.8) is 0 Å². The van der Waals surface area contributed by atoms with Gasteiger partial charge in [-0.2, -0.15) is 0 Å². The fraction of sp³-hybridized carbons (Fsp3) is 0.692. The highest BCUT2D eigenvalue weighted by atomic mass is 16.5. The van der Waals surface area contributed by atoms with Crippen LogP contribution < -0.4 is 10.2 Å². The summed E-state index contributed by atoms with van der Waals surface area (Å²) in [5.41, 5.74) is 1.00. The Morgan fingerprint density at radius 1 is 1.56 bits per heavy atom. The van der Waals surface area contributed by atoms with E-state index in [9.17, 15) is 0 Å². The minimum absolute atomic E-state index is 0.547. The van der Waals surface area contributed by atoms with Gasteiger partial charge in [-0.25, -0.2) is 9.97 Å². The van der Waals surface area contributed by atoms with E-state index in [2.05, 4.69) is 20.2 Å². The van der Waals surface area contributed by atoms with Gasteiger partial charge in [0.2, 0.25) is 5.95 Å². The Balaban J connectivity index is 2.03. The van der Waals surface area contributed by atoms with E-state index in [4.69, 9.17) is 4.74 Å². The van der Waals surface area contributed by atoms with E-state index in [0.717, 1.165) is 31.3 Å². The largest absolute Gasteiger partial charge is 0.383 e. The molecule has 1 saturated heterocycles. The van der Waals surface area contributed by atoms with Crippen LogP contribution in [0, 0.1) is 6.92 Å². The van der Waals surface area contributed by atoms with E-state index in [0.29, 0.717) is 12.6 Å². The number of ether oxygens (including phenoxy) is 1. The third-order valence-electron chi connectivity index (χ3n) is 3.23. The summed E-state index contributed by atoms with van der Waals surface area (Å²) < 4.78 is 5.17. The first-order valence-corrected chi connectivity index (χ1v) is 6.56. The smallest absolute Gasteiger partial charge is 0.225 e. The van der Waals surface area contributed by atoms with Crippen molar-refractivity contribution in [3.8, 4) is 0 Å². The second-order valence-electron chi connectivity index (χ2n) is 4.73. The molecule has 1 fully saturated rings. The zero-order valence-corrected chi connectivity index (χ0v) is 11.2. The normalized spacial score (nSPS) is 19.1. The Morgan fingerprint density at radius 3 is 3.11 bits per heavy atom. The summed E-state index contributed by atoms with van der Waals surface area (Å²) in [5, 5.41) is 3.51. The molecule has 2 heterocycles. The summed E-state index contributed by atoms with van der Waals surface area (Å²) in [6.45, 7) is 5.60. The predicted molar refractivity (Wildman–Crippen MR) is 71.9 cm³/mol. The van der Waals surface area contributed by atoms with Gasteiger partial charge >= 0.3 is 0 Å². The van der Waals surface area contributed by atoms with E-state index in [1.165, 1.54) is 12.8 Å². The van der Waals surface area contributed by atoms with Crippen molar-refractivity contribution in [1.29, 1.82) is 0 Å². The van der Waals surface area contributed by atoms with E-state index in [1.54, 1.807) is 7.11 Å². The molecule has 2 rings (SSSR count). The standard InChI is InChI=1S/C13H22N4O/c1-11-5-7-15-13(16-11)17(8-9-18-2)10-12-4-3-6-14-12/h5,7,12,14H,3-4,6,8-10H2,1-2H3. The van der Waals surface area contributed by atoms with Crippen LogP contribution in [0.15, 0.2) is 12.3 Å². The molecule has 0 amide bonds. The number of methoxy groups -OCH3 is 1. The first-order valence-electron chi connectivity index (χ1n) is 6.56. The molecule has 0 aromatic carbocycles. The van der Waals surface area contributed by atoms with Gasteiger partial charge in [0.25, 0.3) is 0 Å². The number of anilines is 1. The maximum Gasteiger partial charge on any atom is 0.225 e. The number of hydrogen-bond donors (Lipinski definition) is 1. The van der Waals surface area contributed by atoms with Crippen LogP contribution >= 0.6 is 0 Å². The molecule has 1 aliphatic heterocycles. The SMILES string of the molecule is COCCN(CC1CCCN1)c1nccc(C)n1. The van der Waals surface area contributed by atoms with E-state index < -0.39 is 0 Å². The first-order chi connectivity index (χ1) is 8.79. The summed E-state index contributed by atoms with van der Waals surface area (Å²) in [5.74, 6) is 0.806. The Bertz CT molecular complexity index is 366. The van der Waals surface area contributed by atoms with Crippen molar-refractivity contribution in [3.05, 3.63) is 18.0 Å². The molecule has 0 bridgehead atoms. The highest BCUT2D eigenvalue weighted by Gasteiger charge is 2.19. The van der Waals surface area contributed by atoms with Gasteiger partial charge in [0, 0.05) is 38.1 Å². The van der Waals surface area contributed by atoms with Gasteiger partial charge < -0.3 is 15.0 Å². The average molecular weight is 250 g/mol. The predicted octanol–water partition coefficient (Wildman–Crippen LogP) is 0.990. The number of nitrogens with zero attached hydrogens (tertiary/aromatic N) is 3. The summed E-state index contributed by atoms with van der Waals surface area (Å²) >= 11 is 0. The zero-order valence-electron chi connectivity index (χ0n) is 11.2. The third-order valence-corrected chi connectivity index (χ3v) is 3.23. The summed E-state index contributed by atoms with van der Waals surface area (Å²) in [6, 6.07) is 2.47. The van der Waals surface area contributed by atoms with Crippen LogP contribution in [0.3, 0.4) is 0 Å². The monoisotopic (exact) mass is 250 g/mol. The lowest BCUT2D eigenvalue weighted by molar-refractivity contribution is 0.204. The molecule has 1 atom stereocenters. The van der Waals surface area contributed by atoms with Crippen LogP contribution in [0.2, 0.25) is 0 Å². The van der Waals surface area contributed by atoms with Crippen LogP contribution in [0.25, 0.3) is 0 Å². The van der Waals surface area contributed by atoms with Crippen molar-refractivity contribution in [2.45, 2.75) is 25.8 Å². The van der Waals surface area contributed by atoms with Crippen molar-refractivity contribution in [1.82, 2.24) is 15.3 Å². The molecule has 18 heavy (non-hydrogen) atoms. The number of aryl methyl sites for hydroxylation is 1. The van der Waals surface area contributed by atoms with E-state index in [1.807, 2.05) is 19.2 Å². The molecule has 1 aliphatic rings. The molecule has 0 saturated carbocycles. The van der Waals surface area contributed by atoms with Crippen LogP contribution in [0.1, 0.15) is 18.5 Å². The van der Waals surface area contributed by atoms with Gasteiger partial charge in [0.05, 0.1) is 6.61 Å². The highest BCUT2D eigenvalue weighted by Crippen LogP contribution is 2.12. The van der Waals surface area contributed by atoms with E-state index in [-0.39, 0.29) is 0 Å². The van der Waals surface area contributed by atoms with Crippen molar-refractivity contribution < 1.29 is 4.74 Å². The lowest BCUT2D eigenvalue weighted by atomic mass is 10.2. The Labute approximate surface area is 109 Å². The topological polar surface area (TPSA) is 50.3 Å². The van der Waals surface area contributed by atoms with E-state index >= 15 is 0 Å². The number of nitrogens with one attached hydrogen (secondary N) is 1. The third kappa shape index (κ3) is 3.65. The number of hydrogen-bond acceptors (Lipinski definition) is 5. The molecule has 5 heteroatoms. The quantitative estimate of drug-likeness (QED) is 0.816. The van der Waals surface area contributed by atoms with Gasteiger partial charge in [0.1, 0.15) is 0 Å². The second-order valence-corrected chi connectivity index (χ2v) is 4.73. The number of rotatable bonds is 6. The minimum atomic E-state index is 0.547. The molecule has 1 unspecified atom stereocenters. The van der Waals surface area contributed by atoms with Gasteiger partial charge in [0.15, 0.2) is 0 Å². The van der Waals surface area contributed by atoms with Gasteiger partial charge in [-0.3, -0.25) is 0 Å². The Kier molecular flexibility index (Phi) is 4.90. The Hall–Kier alpha value is -1.20. The van der Waals surface area contributed by atoms with Crippen LogP contribution in [-0.2, 0) is 4.74 Å². The van der Waals surface area contributed by atoms with Crippen LogP contribution in [-0.4, -0.2) is 49.4 Å². The molecule has 1 aromatic rings. The van der Waals surface area contributed by atoms with Crippen LogP contribution in [0.5, 0.6) is 0 Å². The van der Waals surface area contributed by atoms with Gasteiger partial charge in [-0.05, 0) is 32.4 Å². The lowest BCUT2D eigenvalue weighted by Crippen LogP contribution is -2.40. The minimum Gasteiger partial charge on any atom is -0.383 e. The first kappa shape index (κ1) is 13.2. The molecule has 100 valence electrons. The maximum atomic E-state index is 5.17. The summed E-state index contributed by atoms with van der Waals surface area (Å²) in [4.78, 5) is 11.1. The van der Waals surface area contributed by atoms with Crippen molar-refractivity contribution >= 4 is 5.95 Å². The Morgan fingerprint density at radius 2 is 2.44 bits per heavy atom. The van der Waals surface area contributed by atoms with Gasteiger partial charge in [-0.15, -0.1) is 0 Å². The number of aromatic nitrogens is 2. The fourth-order valence-electron chi connectivity index (χ4n) is 2.24. The van der Waals surface area contributed by atoms with Crippen molar-refractivity contribution in [2.75, 3.05) is 38.3 Å². The molecule has 1 aromatic heterocycles. The molecule has 0 spiro atoms. The maximum absolute atomic E-state index is 5.17. The molecule has 0 radical (unpaired) electrons. The second kappa shape index (κ2) is 6.66. The summed E-state index contributed by atoms with van der Waals surface area (Å²) in [7, 11) is 1.73. The fourth-order valence-corrected chi connectivity index (χ4v) is 2.24. The molecule has 5 nitrogen and oxygen atoms in total. The average Bonchev–Trinajstić information content (AvgIpc) is 2.87. The highest BCUT2D eigenvalue weighted by molar-refractivity contribution is 5.30. The zero-order chi connectivity index (χ0) is 12.8. The summed E-state index contributed by atoms with van der Waals surface area (Å²) in [6.07, 6.45) is 4.31.